The van der Waals surface area contributed by atoms with Gasteiger partial charge in [-0.1, -0.05) is 135 Å². The van der Waals surface area contributed by atoms with E-state index in [1.54, 1.807) is 0 Å². The van der Waals surface area contributed by atoms with E-state index in [4.69, 9.17) is 4.42 Å². The number of rotatable bonds is 4. The van der Waals surface area contributed by atoms with Gasteiger partial charge in [0.05, 0.1) is 0 Å². The molecule has 0 spiro atoms. The highest BCUT2D eigenvalue weighted by atomic mass is 16.3. The molecule has 0 atom stereocenters. The van der Waals surface area contributed by atoms with Gasteiger partial charge in [0, 0.05) is 38.8 Å². The van der Waals surface area contributed by atoms with Crippen LogP contribution in [0.5, 0.6) is 0 Å². The highest BCUT2D eigenvalue weighted by Gasteiger charge is 2.35. The van der Waals surface area contributed by atoms with Crippen molar-refractivity contribution in [2.45, 2.75) is 19.3 Å². The summed E-state index contributed by atoms with van der Waals surface area (Å²) >= 11 is 0. The molecule has 10 rings (SSSR count). The third-order valence-electron chi connectivity index (χ3n) is 10.6. The molecule has 0 N–H and O–H groups in total. The van der Waals surface area contributed by atoms with Crippen LogP contribution in [-0.4, -0.2) is 0 Å². The highest BCUT2D eigenvalue weighted by molar-refractivity contribution is 6.10. The molecule has 0 radical (unpaired) electrons. The fourth-order valence-corrected chi connectivity index (χ4v) is 8.19. The molecule has 8 aromatic carbocycles. The summed E-state index contributed by atoms with van der Waals surface area (Å²) < 4.78 is 6.49. The molecule has 2 heteroatoms. The van der Waals surface area contributed by atoms with Gasteiger partial charge in [0.15, 0.2) is 0 Å². The zero-order chi connectivity index (χ0) is 32.7. The van der Waals surface area contributed by atoms with Crippen molar-refractivity contribution in [1.29, 1.82) is 0 Å². The highest BCUT2D eigenvalue weighted by Crippen LogP contribution is 2.51. The van der Waals surface area contributed by atoms with E-state index in [1.165, 1.54) is 43.8 Å². The average Bonchev–Trinajstić information content (AvgIpc) is 3.64. The van der Waals surface area contributed by atoms with Gasteiger partial charge in [-0.3, -0.25) is 0 Å². The van der Waals surface area contributed by atoms with E-state index in [1.807, 2.05) is 12.1 Å². The van der Waals surface area contributed by atoms with Crippen LogP contribution in [-0.2, 0) is 5.41 Å². The third kappa shape index (κ3) is 4.20. The predicted octanol–water partition coefficient (Wildman–Crippen LogP) is 13.3. The molecule has 2 nitrogen and oxygen atoms in total. The summed E-state index contributed by atoms with van der Waals surface area (Å²) in [6.45, 7) is 4.70. The molecule has 49 heavy (non-hydrogen) atoms. The fourth-order valence-electron chi connectivity index (χ4n) is 8.19. The summed E-state index contributed by atoms with van der Waals surface area (Å²) in [7, 11) is 0. The van der Waals surface area contributed by atoms with E-state index < -0.39 is 0 Å². The minimum absolute atomic E-state index is 0.105. The summed E-state index contributed by atoms with van der Waals surface area (Å²) in [4.78, 5) is 2.42. The van der Waals surface area contributed by atoms with Crippen LogP contribution in [0, 0.1) is 0 Å². The molecule has 1 aliphatic rings. The predicted molar refractivity (Wildman–Crippen MR) is 206 cm³/mol. The van der Waals surface area contributed by atoms with Crippen molar-refractivity contribution in [3.63, 3.8) is 0 Å². The molecule has 0 saturated carbocycles. The van der Waals surface area contributed by atoms with Crippen molar-refractivity contribution in [2.24, 2.45) is 0 Å². The Labute approximate surface area is 285 Å². The van der Waals surface area contributed by atoms with Gasteiger partial charge in [-0.2, -0.15) is 0 Å². The maximum atomic E-state index is 6.49. The molecular weight excluding hydrogens is 595 g/mol. The molecule has 1 heterocycles. The van der Waals surface area contributed by atoms with Crippen molar-refractivity contribution >= 4 is 60.5 Å². The van der Waals surface area contributed by atoms with E-state index in [9.17, 15) is 0 Å². The van der Waals surface area contributed by atoms with E-state index in [-0.39, 0.29) is 5.41 Å². The van der Waals surface area contributed by atoms with Gasteiger partial charge in [0.2, 0.25) is 0 Å². The molecule has 0 unspecified atom stereocenters. The number of para-hydroxylation sites is 2. The Balaban J connectivity index is 1.20. The number of fused-ring (bicyclic) bond motifs is 9. The Kier molecular flexibility index (Phi) is 5.95. The Morgan fingerprint density at radius 1 is 0.429 bits per heavy atom. The van der Waals surface area contributed by atoms with Gasteiger partial charge in [-0.25, -0.2) is 0 Å². The number of benzene rings is 8. The summed E-state index contributed by atoms with van der Waals surface area (Å²) in [5.74, 6) is 0. The van der Waals surface area contributed by atoms with Crippen molar-refractivity contribution in [3.05, 3.63) is 175 Å². The van der Waals surface area contributed by atoms with Crippen LogP contribution in [0.4, 0.5) is 17.1 Å². The second-order valence-corrected chi connectivity index (χ2v) is 13.8. The maximum Gasteiger partial charge on any atom is 0.143 e. The first-order chi connectivity index (χ1) is 24.0. The molecule has 9 aromatic rings. The van der Waals surface area contributed by atoms with Crippen molar-refractivity contribution in [1.82, 2.24) is 0 Å². The molecule has 0 aliphatic heterocycles. The molecule has 0 bridgehead atoms. The SMILES string of the molecule is CC1(C)c2ccccc2-c2ccc(N(c3cccc(-c4cccc5c4oc4ccccc45)c3)c3ccc4ccc5ccccc5c4c3)cc21. The normalized spacial score (nSPS) is 13.3. The molecule has 0 amide bonds. The summed E-state index contributed by atoms with van der Waals surface area (Å²) in [5.41, 5.74) is 12.7. The van der Waals surface area contributed by atoms with Gasteiger partial charge in [-0.05, 0) is 91.8 Å². The van der Waals surface area contributed by atoms with Gasteiger partial charge in [0.1, 0.15) is 11.2 Å². The minimum Gasteiger partial charge on any atom is -0.455 e. The topological polar surface area (TPSA) is 16.4 Å². The number of hydrogen-bond acceptors (Lipinski definition) is 2. The Morgan fingerprint density at radius 2 is 1.06 bits per heavy atom. The van der Waals surface area contributed by atoms with Crippen LogP contribution >= 0.6 is 0 Å². The van der Waals surface area contributed by atoms with E-state index in [0.717, 1.165) is 50.1 Å². The standard InChI is InChI=1S/C47H33NO/c1-47(2)43-19-7-5-15-38(43)39-26-25-35(29-44(39)47)48(34-24-23-31-22-21-30-11-3-4-14-36(30)42(31)28-34)33-13-9-12-32(27-33)37-17-10-18-41-40-16-6-8-20-45(40)49-46(37)41/h3-29H,1-2H3. The monoisotopic (exact) mass is 627 g/mol. The van der Waals surface area contributed by atoms with Crippen LogP contribution in [0.25, 0.3) is 65.7 Å². The molecule has 1 aromatic heterocycles. The van der Waals surface area contributed by atoms with Crippen molar-refractivity contribution in [2.75, 3.05) is 4.90 Å². The lowest BCUT2D eigenvalue weighted by Crippen LogP contribution is -2.16. The zero-order valence-electron chi connectivity index (χ0n) is 27.4. The van der Waals surface area contributed by atoms with Crippen LogP contribution in [0.1, 0.15) is 25.0 Å². The lowest BCUT2D eigenvalue weighted by atomic mass is 9.82. The molecule has 0 saturated heterocycles. The van der Waals surface area contributed by atoms with Gasteiger partial charge >= 0.3 is 0 Å². The number of anilines is 3. The van der Waals surface area contributed by atoms with Crippen LogP contribution in [0.15, 0.2) is 168 Å². The lowest BCUT2D eigenvalue weighted by Gasteiger charge is -2.29. The quantitative estimate of drug-likeness (QED) is 0.181. The first-order valence-electron chi connectivity index (χ1n) is 17.0. The van der Waals surface area contributed by atoms with Gasteiger partial charge in [0.25, 0.3) is 0 Å². The lowest BCUT2D eigenvalue weighted by molar-refractivity contribution is 0.660. The van der Waals surface area contributed by atoms with E-state index >= 15 is 0 Å². The molecule has 1 aliphatic carbocycles. The van der Waals surface area contributed by atoms with Gasteiger partial charge in [-0.15, -0.1) is 0 Å². The largest absolute Gasteiger partial charge is 0.455 e. The van der Waals surface area contributed by atoms with Crippen molar-refractivity contribution < 1.29 is 4.42 Å². The van der Waals surface area contributed by atoms with Crippen LogP contribution < -0.4 is 4.90 Å². The second kappa shape index (κ2) is 10.4. The number of furan rings is 1. The van der Waals surface area contributed by atoms with Crippen LogP contribution in [0.3, 0.4) is 0 Å². The third-order valence-corrected chi connectivity index (χ3v) is 10.6. The Hall–Kier alpha value is -6.12. The summed E-state index contributed by atoms with van der Waals surface area (Å²) in [6, 6.07) is 59.5. The summed E-state index contributed by atoms with van der Waals surface area (Å²) in [5, 5.41) is 7.27. The van der Waals surface area contributed by atoms with Crippen LogP contribution in [0.2, 0.25) is 0 Å². The number of nitrogens with zero attached hydrogens (tertiary/aromatic N) is 1. The summed E-state index contributed by atoms with van der Waals surface area (Å²) in [6.07, 6.45) is 0. The van der Waals surface area contributed by atoms with E-state index in [2.05, 4.69) is 170 Å². The Morgan fingerprint density at radius 3 is 1.98 bits per heavy atom. The Bertz CT molecular complexity index is 2770. The van der Waals surface area contributed by atoms with Gasteiger partial charge < -0.3 is 9.32 Å². The molecular formula is C47H33NO. The van der Waals surface area contributed by atoms with E-state index in [0.29, 0.717) is 0 Å². The smallest absolute Gasteiger partial charge is 0.143 e. The zero-order valence-corrected chi connectivity index (χ0v) is 27.4. The average molecular weight is 628 g/mol. The fraction of sp³-hybridized carbons (Fsp3) is 0.0638. The number of hydrogen-bond donors (Lipinski definition) is 0. The van der Waals surface area contributed by atoms with Crippen molar-refractivity contribution in [3.8, 4) is 22.3 Å². The molecule has 0 fully saturated rings. The first kappa shape index (κ1) is 27.9. The minimum atomic E-state index is -0.105. The first-order valence-corrected chi connectivity index (χ1v) is 17.0. The molecule has 232 valence electrons. The maximum absolute atomic E-state index is 6.49. The second-order valence-electron chi connectivity index (χ2n) is 13.8.